The van der Waals surface area contributed by atoms with E-state index in [1.54, 1.807) is 4.90 Å². The fraction of sp³-hybridized carbons (Fsp3) is 0.667. The first-order chi connectivity index (χ1) is 7.27. The Morgan fingerprint density at radius 2 is 2.27 bits per heavy atom. The van der Waals surface area contributed by atoms with E-state index in [1.807, 2.05) is 13.8 Å². The fourth-order valence-electron chi connectivity index (χ4n) is 1.21. The maximum absolute atomic E-state index is 11.5. The van der Waals surface area contributed by atoms with E-state index in [-0.39, 0.29) is 6.03 Å². The highest BCUT2D eigenvalue weighted by atomic mass is 16.5. The molecule has 6 heteroatoms. The number of aromatic nitrogens is 2. The highest BCUT2D eigenvalue weighted by Crippen LogP contribution is 1.92. The van der Waals surface area contributed by atoms with E-state index in [2.05, 4.69) is 15.5 Å². The van der Waals surface area contributed by atoms with Crippen molar-refractivity contribution in [3.8, 4) is 0 Å². The van der Waals surface area contributed by atoms with Gasteiger partial charge in [0.05, 0.1) is 0 Å². The maximum atomic E-state index is 11.5. The van der Waals surface area contributed by atoms with Crippen LogP contribution in [-0.2, 0) is 6.42 Å². The SMILES string of the molecule is CCN(CC)C(=O)NCCc1ncno1. The maximum Gasteiger partial charge on any atom is 0.317 e. The number of carbonyl (C=O) groups excluding carboxylic acids is 1. The smallest absolute Gasteiger partial charge is 0.317 e. The zero-order chi connectivity index (χ0) is 11.1. The van der Waals surface area contributed by atoms with Gasteiger partial charge in [-0.25, -0.2) is 4.79 Å². The van der Waals surface area contributed by atoms with Crippen molar-refractivity contribution >= 4 is 6.03 Å². The Hall–Kier alpha value is -1.59. The lowest BCUT2D eigenvalue weighted by molar-refractivity contribution is 0.203. The molecule has 0 saturated heterocycles. The first-order valence-electron chi connectivity index (χ1n) is 5.06. The Labute approximate surface area is 88.6 Å². The van der Waals surface area contributed by atoms with E-state index in [1.165, 1.54) is 6.33 Å². The van der Waals surface area contributed by atoms with Gasteiger partial charge in [0.25, 0.3) is 0 Å². The van der Waals surface area contributed by atoms with Gasteiger partial charge in [-0.1, -0.05) is 5.16 Å². The van der Waals surface area contributed by atoms with Gasteiger partial charge in [-0.2, -0.15) is 4.98 Å². The summed E-state index contributed by atoms with van der Waals surface area (Å²) in [7, 11) is 0. The molecule has 0 bridgehead atoms. The number of urea groups is 1. The van der Waals surface area contributed by atoms with E-state index < -0.39 is 0 Å². The molecule has 0 aromatic carbocycles. The summed E-state index contributed by atoms with van der Waals surface area (Å²) in [5.41, 5.74) is 0. The lowest BCUT2D eigenvalue weighted by Crippen LogP contribution is -2.40. The predicted octanol–water partition coefficient (Wildman–Crippen LogP) is 0.663. The van der Waals surface area contributed by atoms with Gasteiger partial charge in [-0.3, -0.25) is 0 Å². The van der Waals surface area contributed by atoms with E-state index >= 15 is 0 Å². The Morgan fingerprint density at radius 1 is 1.53 bits per heavy atom. The second-order valence-corrected chi connectivity index (χ2v) is 2.99. The number of carbonyl (C=O) groups is 1. The first-order valence-corrected chi connectivity index (χ1v) is 5.06. The largest absolute Gasteiger partial charge is 0.340 e. The Balaban J connectivity index is 2.22. The molecular weight excluding hydrogens is 196 g/mol. The van der Waals surface area contributed by atoms with Gasteiger partial charge < -0.3 is 14.7 Å². The average Bonchev–Trinajstić information content (AvgIpc) is 2.72. The van der Waals surface area contributed by atoms with Crippen molar-refractivity contribution in [3.63, 3.8) is 0 Å². The number of amides is 2. The van der Waals surface area contributed by atoms with Gasteiger partial charge in [0.15, 0.2) is 6.33 Å². The molecule has 1 aromatic heterocycles. The van der Waals surface area contributed by atoms with Gasteiger partial charge in [0.2, 0.25) is 5.89 Å². The molecule has 1 heterocycles. The summed E-state index contributed by atoms with van der Waals surface area (Å²) < 4.78 is 4.80. The third-order valence-electron chi connectivity index (χ3n) is 2.07. The molecule has 0 atom stereocenters. The number of hydrogen-bond donors (Lipinski definition) is 1. The van der Waals surface area contributed by atoms with Crippen LogP contribution in [0.2, 0.25) is 0 Å². The topological polar surface area (TPSA) is 71.3 Å². The van der Waals surface area contributed by atoms with Crippen LogP contribution < -0.4 is 5.32 Å². The molecule has 0 fully saturated rings. The van der Waals surface area contributed by atoms with Gasteiger partial charge >= 0.3 is 6.03 Å². The second kappa shape index (κ2) is 6.00. The Morgan fingerprint density at radius 3 is 2.80 bits per heavy atom. The van der Waals surface area contributed by atoms with Crippen molar-refractivity contribution < 1.29 is 9.32 Å². The molecule has 0 spiro atoms. The van der Waals surface area contributed by atoms with Crippen LogP contribution >= 0.6 is 0 Å². The van der Waals surface area contributed by atoms with Crippen LogP contribution in [0.5, 0.6) is 0 Å². The van der Waals surface area contributed by atoms with Gasteiger partial charge in [-0.15, -0.1) is 0 Å². The average molecular weight is 212 g/mol. The van der Waals surface area contributed by atoms with Crippen LogP contribution in [0.4, 0.5) is 4.79 Å². The van der Waals surface area contributed by atoms with E-state index in [0.717, 1.165) is 0 Å². The summed E-state index contributed by atoms with van der Waals surface area (Å²) in [5.74, 6) is 0.537. The summed E-state index contributed by atoms with van der Waals surface area (Å²) in [6.45, 7) is 5.82. The van der Waals surface area contributed by atoms with Crippen LogP contribution in [0.15, 0.2) is 10.9 Å². The molecule has 1 N–H and O–H groups in total. The molecular formula is C9H16N4O2. The Bertz CT molecular complexity index is 282. The molecule has 6 nitrogen and oxygen atoms in total. The van der Waals surface area contributed by atoms with E-state index in [4.69, 9.17) is 4.52 Å². The summed E-state index contributed by atoms with van der Waals surface area (Å²) in [6.07, 6.45) is 1.91. The lowest BCUT2D eigenvalue weighted by Gasteiger charge is -2.18. The first kappa shape index (κ1) is 11.5. The third-order valence-corrected chi connectivity index (χ3v) is 2.07. The second-order valence-electron chi connectivity index (χ2n) is 2.99. The predicted molar refractivity (Wildman–Crippen MR) is 54.3 cm³/mol. The van der Waals surface area contributed by atoms with E-state index in [0.29, 0.717) is 31.9 Å². The molecule has 0 aliphatic rings. The van der Waals surface area contributed by atoms with Crippen LogP contribution in [0.25, 0.3) is 0 Å². The van der Waals surface area contributed by atoms with E-state index in [9.17, 15) is 4.79 Å². The molecule has 2 amide bonds. The summed E-state index contributed by atoms with van der Waals surface area (Å²) in [4.78, 5) is 17.1. The zero-order valence-electron chi connectivity index (χ0n) is 9.06. The lowest BCUT2D eigenvalue weighted by atomic mass is 10.4. The molecule has 0 unspecified atom stereocenters. The normalized spacial score (nSPS) is 10.0. The van der Waals surface area contributed by atoms with Crippen molar-refractivity contribution in [3.05, 3.63) is 12.2 Å². The minimum absolute atomic E-state index is 0.0560. The molecule has 0 saturated carbocycles. The van der Waals surface area contributed by atoms with Crippen LogP contribution in [0, 0.1) is 0 Å². The molecule has 0 aliphatic heterocycles. The molecule has 1 rings (SSSR count). The molecule has 1 aromatic rings. The molecule has 15 heavy (non-hydrogen) atoms. The number of nitrogens with zero attached hydrogens (tertiary/aromatic N) is 3. The summed E-state index contributed by atoms with van der Waals surface area (Å²) in [6, 6.07) is -0.0560. The molecule has 0 radical (unpaired) electrons. The van der Waals surface area contributed by atoms with Gasteiger partial charge in [0.1, 0.15) is 0 Å². The minimum atomic E-state index is -0.0560. The highest BCUT2D eigenvalue weighted by molar-refractivity contribution is 5.73. The number of rotatable bonds is 5. The number of nitrogens with one attached hydrogen (secondary N) is 1. The fourth-order valence-corrected chi connectivity index (χ4v) is 1.21. The van der Waals surface area contributed by atoms with Gasteiger partial charge in [-0.05, 0) is 13.8 Å². The quantitative estimate of drug-likeness (QED) is 0.778. The monoisotopic (exact) mass is 212 g/mol. The van der Waals surface area contributed by atoms with Gasteiger partial charge in [0, 0.05) is 26.1 Å². The van der Waals surface area contributed by atoms with Crippen LogP contribution in [0.1, 0.15) is 19.7 Å². The van der Waals surface area contributed by atoms with Crippen molar-refractivity contribution in [1.82, 2.24) is 20.4 Å². The summed E-state index contributed by atoms with van der Waals surface area (Å²) in [5, 5.41) is 6.26. The molecule has 0 aliphatic carbocycles. The summed E-state index contributed by atoms with van der Waals surface area (Å²) >= 11 is 0. The Kier molecular flexibility index (Phi) is 4.59. The standard InChI is InChI=1S/C9H16N4O2/c1-3-13(4-2)9(14)10-6-5-8-11-7-12-15-8/h7H,3-6H2,1-2H3,(H,10,14). The molecule has 84 valence electrons. The zero-order valence-corrected chi connectivity index (χ0v) is 9.06. The van der Waals surface area contributed by atoms with Crippen molar-refractivity contribution in [2.24, 2.45) is 0 Å². The minimum Gasteiger partial charge on any atom is -0.340 e. The van der Waals surface area contributed by atoms with Crippen LogP contribution in [0.3, 0.4) is 0 Å². The van der Waals surface area contributed by atoms with Crippen molar-refractivity contribution in [2.45, 2.75) is 20.3 Å². The number of hydrogen-bond acceptors (Lipinski definition) is 4. The third kappa shape index (κ3) is 3.57. The van der Waals surface area contributed by atoms with Crippen LogP contribution in [-0.4, -0.2) is 40.7 Å². The van der Waals surface area contributed by atoms with Crippen molar-refractivity contribution in [1.29, 1.82) is 0 Å². The van der Waals surface area contributed by atoms with Crippen molar-refractivity contribution in [2.75, 3.05) is 19.6 Å². The highest BCUT2D eigenvalue weighted by Gasteiger charge is 2.08.